The number of hydrogen-bond acceptors (Lipinski definition) is 3. The van der Waals surface area contributed by atoms with Gasteiger partial charge in [0.15, 0.2) is 5.96 Å². The van der Waals surface area contributed by atoms with Crippen LogP contribution in [-0.2, 0) is 6.54 Å². The van der Waals surface area contributed by atoms with Crippen LogP contribution >= 0.6 is 24.0 Å². The predicted molar refractivity (Wildman–Crippen MR) is 108 cm³/mol. The lowest BCUT2D eigenvalue weighted by Crippen LogP contribution is -2.32. The Kier molecular flexibility index (Phi) is 8.98. The van der Waals surface area contributed by atoms with Crippen LogP contribution in [0.3, 0.4) is 0 Å². The Labute approximate surface area is 156 Å². The number of halogens is 1. The van der Waals surface area contributed by atoms with Crippen LogP contribution in [-0.4, -0.2) is 30.6 Å². The number of nitrogens with two attached hydrogens (primary N) is 1. The minimum atomic E-state index is 0. The van der Waals surface area contributed by atoms with Gasteiger partial charge in [-0.3, -0.25) is 0 Å². The van der Waals surface area contributed by atoms with Gasteiger partial charge in [-0.05, 0) is 31.4 Å². The fourth-order valence-corrected chi connectivity index (χ4v) is 2.47. The first-order chi connectivity index (χ1) is 10.6. The van der Waals surface area contributed by atoms with Crippen LogP contribution in [0.1, 0.15) is 38.2 Å². The second-order valence-corrected chi connectivity index (χ2v) is 5.94. The quantitative estimate of drug-likeness (QED) is 0.327. The zero-order valence-electron chi connectivity index (χ0n) is 13.9. The van der Waals surface area contributed by atoms with E-state index in [-0.39, 0.29) is 24.0 Å². The van der Waals surface area contributed by atoms with Crippen molar-refractivity contribution in [1.82, 2.24) is 10.3 Å². The fourth-order valence-electron chi connectivity index (χ4n) is 2.47. The van der Waals surface area contributed by atoms with Gasteiger partial charge in [-0.15, -0.1) is 24.0 Å². The molecule has 1 aromatic rings. The third-order valence-electron chi connectivity index (χ3n) is 3.74. The van der Waals surface area contributed by atoms with Crippen molar-refractivity contribution < 1.29 is 0 Å². The summed E-state index contributed by atoms with van der Waals surface area (Å²) in [7, 11) is 0. The summed E-state index contributed by atoms with van der Waals surface area (Å²) in [5.41, 5.74) is 7.90. The third-order valence-corrected chi connectivity index (χ3v) is 3.74. The molecule has 0 amide bonds. The zero-order chi connectivity index (χ0) is 15.8. The molecule has 6 heteroatoms. The highest BCUT2D eigenvalue weighted by molar-refractivity contribution is 14.0. The van der Waals surface area contributed by atoms with Gasteiger partial charge in [0.2, 0.25) is 0 Å². The largest absolute Gasteiger partial charge is 0.370 e. The first-order valence-electron chi connectivity index (χ1n) is 8.03. The molecule has 23 heavy (non-hydrogen) atoms. The summed E-state index contributed by atoms with van der Waals surface area (Å²) in [6, 6.07) is 4.18. The van der Waals surface area contributed by atoms with Crippen molar-refractivity contribution in [1.29, 1.82) is 0 Å². The number of hydrogen-bond donors (Lipinski definition) is 2. The Hall–Kier alpha value is -1.31. The number of pyridine rings is 1. The Morgan fingerprint density at radius 1 is 1.30 bits per heavy atom. The van der Waals surface area contributed by atoms with E-state index in [0.717, 1.165) is 30.0 Å². The SMILES string of the molecule is C=C(C)CNC(N)=NCc1ccc(N2CCCCCC2)nc1.I. The average molecular weight is 429 g/mol. The van der Waals surface area contributed by atoms with E-state index in [9.17, 15) is 0 Å². The number of aromatic nitrogens is 1. The molecule has 1 saturated heterocycles. The second-order valence-electron chi connectivity index (χ2n) is 5.94. The minimum Gasteiger partial charge on any atom is -0.370 e. The van der Waals surface area contributed by atoms with Crippen LogP contribution in [0.2, 0.25) is 0 Å². The highest BCUT2D eigenvalue weighted by atomic mass is 127. The molecule has 3 N–H and O–H groups in total. The van der Waals surface area contributed by atoms with Crippen LogP contribution in [0.4, 0.5) is 5.82 Å². The van der Waals surface area contributed by atoms with Gasteiger partial charge in [0.25, 0.3) is 0 Å². The van der Waals surface area contributed by atoms with E-state index < -0.39 is 0 Å². The van der Waals surface area contributed by atoms with Crippen molar-refractivity contribution in [2.24, 2.45) is 10.7 Å². The molecule has 2 heterocycles. The smallest absolute Gasteiger partial charge is 0.189 e. The Morgan fingerprint density at radius 3 is 2.57 bits per heavy atom. The molecule has 0 unspecified atom stereocenters. The lowest BCUT2D eigenvalue weighted by Gasteiger charge is -2.21. The van der Waals surface area contributed by atoms with Crippen molar-refractivity contribution in [3.8, 4) is 0 Å². The number of guanidine groups is 1. The topological polar surface area (TPSA) is 66.5 Å². The Bertz CT molecular complexity index is 504. The first kappa shape index (κ1) is 19.7. The Morgan fingerprint density at radius 2 is 2.00 bits per heavy atom. The van der Waals surface area contributed by atoms with Gasteiger partial charge in [0.1, 0.15) is 5.82 Å². The molecule has 0 aromatic carbocycles. The van der Waals surface area contributed by atoms with Crippen LogP contribution in [0.25, 0.3) is 0 Å². The van der Waals surface area contributed by atoms with Gasteiger partial charge in [-0.2, -0.15) is 0 Å². The van der Waals surface area contributed by atoms with Crippen LogP contribution in [0.5, 0.6) is 0 Å². The standard InChI is InChI=1S/C17H27N5.HI/c1-14(2)11-20-17(18)21-13-15-7-8-16(19-12-15)22-9-5-3-4-6-10-22;/h7-8,12H,1,3-6,9-11,13H2,2H3,(H3,18,20,21);1H. The van der Waals surface area contributed by atoms with Crippen molar-refractivity contribution in [2.45, 2.75) is 39.2 Å². The van der Waals surface area contributed by atoms with Gasteiger partial charge in [-0.1, -0.05) is 31.1 Å². The fraction of sp³-hybridized carbons (Fsp3) is 0.529. The molecule has 128 valence electrons. The van der Waals surface area contributed by atoms with Gasteiger partial charge in [0, 0.05) is 25.8 Å². The number of aliphatic imine (C=N–C) groups is 1. The van der Waals surface area contributed by atoms with Crippen LogP contribution < -0.4 is 16.0 Å². The molecule has 0 spiro atoms. The normalized spacial score (nSPS) is 15.5. The maximum Gasteiger partial charge on any atom is 0.189 e. The molecule has 1 fully saturated rings. The maximum atomic E-state index is 5.80. The van der Waals surface area contributed by atoms with Gasteiger partial charge >= 0.3 is 0 Å². The van der Waals surface area contributed by atoms with E-state index in [1.807, 2.05) is 13.1 Å². The average Bonchev–Trinajstić information content (AvgIpc) is 2.80. The molecule has 0 bridgehead atoms. The minimum absolute atomic E-state index is 0. The number of anilines is 1. The zero-order valence-corrected chi connectivity index (χ0v) is 16.3. The summed E-state index contributed by atoms with van der Waals surface area (Å²) in [5, 5.41) is 3.02. The summed E-state index contributed by atoms with van der Waals surface area (Å²) >= 11 is 0. The lowest BCUT2D eigenvalue weighted by molar-refractivity contribution is 0.726. The highest BCUT2D eigenvalue weighted by Crippen LogP contribution is 2.17. The van der Waals surface area contributed by atoms with Gasteiger partial charge < -0.3 is 16.0 Å². The summed E-state index contributed by atoms with van der Waals surface area (Å²) in [6.45, 7) is 9.19. The van der Waals surface area contributed by atoms with E-state index in [1.165, 1.54) is 25.7 Å². The number of nitrogens with one attached hydrogen (secondary N) is 1. The maximum absolute atomic E-state index is 5.80. The summed E-state index contributed by atoms with van der Waals surface area (Å²) < 4.78 is 0. The van der Waals surface area contributed by atoms with Gasteiger partial charge in [-0.25, -0.2) is 9.98 Å². The summed E-state index contributed by atoms with van der Waals surface area (Å²) in [5.74, 6) is 1.52. The van der Waals surface area contributed by atoms with Crippen molar-refractivity contribution in [3.05, 3.63) is 36.0 Å². The molecule has 1 aromatic heterocycles. The van der Waals surface area contributed by atoms with Crippen molar-refractivity contribution >= 4 is 35.8 Å². The summed E-state index contributed by atoms with van der Waals surface area (Å²) in [6.07, 6.45) is 7.09. The van der Waals surface area contributed by atoms with E-state index in [0.29, 0.717) is 19.0 Å². The number of nitrogens with zero attached hydrogens (tertiary/aromatic N) is 3. The second kappa shape index (κ2) is 10.5. The lowest BCUT2D eigenvalue weighted by atomic mass is 10.2. The van der Waals surface area contributed by atoms with E-state index in [1.54, 1.807) is 0 Å². The molecular formula is C17H28IN5. The molecule has 0 radical (unpaired) electrons. The molecule has 1 aliphatic heterocycles. The Balaban J connectivity index is 0.00000264. The highest BCUT2D eigenvalue weighted by Gasteiger charge is 2.10. The van der Waals surface area contributed by atoms with Crippen LogP contribution in [0.15, 0.2) is 35.5 Å². The van der Waals surface area contributed by atoms with Crippen molar-refractivity contribution in [2.75, 3.05) is 24.5 Å². The number of rotatable bonds is 5. The molecule has 1 aliphatic rings. The third kappa shape index (κ3) is 7.20. The molecular weight excluding hydrogens is 401 g/mol. The van der Waals surface area contributed by atoms with Crippen molar-refractivity contribution in [3.63, 3.8) is 0 Å². The molecule has 5 nitrogen and oxygen atoms in total. The predicted octanol–water partition coefficient (Wildman–Crippen LogP) is 3.06. The van der Waals surface area contributed by atoms with Crippen LogP contribution in [0, 0.1) is 0 Å². The van der Waals surface area contributed by atoms with E-state index in [2.05, 4.69) is 38.9 Å². The monoisotopic (exact) mass is 429 g/mol. The molecule has 0 saturated carbocycles. The first-order valence-corrected chi connectivity index (χ1v) is 8.03. The van der Waals surface area contributed by atoms with E-state index >= 15 is 0 Å². The molecule has 0 aliphatic carbocycles. The molecule has 0 atom stereocenters. The van der Waals surface area contributed by atoms with E-state index in [4.69, 9.17) is 5.73 Å². The molecule has 2 rings (SSSR count). The summed E-state index contributed by atoms with van der Waals surface area (Å²) in [4.78, 5) is 11.3. The van der Waals surface area contributed by atoms with Gasteiger partial charge in [0.05, 0.1) is 6.54 Å².